The molecule has 1 heterocycles. The maximum atomic E-state index is 13.3. The zero-order valence-corrected chi connectivity index (χ0v) is 25.0. The van der Waals surface area contributed by atoms with E-state index >= 15 is 0 Å². The lowest BCUT2D eigenvalue weighted by molar-refractivity contribution is -0.118. The minimum absolute atomic E-state index is 0.104. The van der Waals surface area contributed by atoms with Crippen molar-refractivity contribution in [2.24, 2.45) is 5.73 Å². The van der Waals surface area contributed by atoms with Gasteiger partial charge in [0.1, 0.15) is 6.04 Å². The number of carbonyl (C=O) groups is 3. The van der Waals surface area contributed by atoms with Crippen LogP contribution in [0.3, 0.4) is 0 Å². The molecule has 0 aliphatic heterocycles. The van der Waals surface area contributed by atoms with Crippen molar-refractivity contribution in [3.8, 4) is 0 Å². The lowest BCUT2D eigenvalue weighted by Crippen LogP contribution is -2.45. The zero-order chi connectivity index (χ0) is 30.7. The van der Waals surface area contributed by atoms with Gasteiger partial charge in [-0.1, -0.05) is 67.8 Å². The van der Waals surface area contributed by atoms with E-state index in [1.165, 1.54) is 12.7 Å². The van der Waals surface area contributed by atoms with Crippen molar-refractivity contribution in [3.05, 3.63) is 96.4 Å². The highest BCUT2D eigenvalue weighted by Crippen LogP contribution is 2.27. The number of anilines is 2. The van der Waals surface area contributed by atoms with Gasteiger partial charge in [0.05, 0.1) is 12.0 Å². The zero-order valence-electron chi connectivity index (χ0n) is 25.0. The molecule has 3 aromatic carbocycles. The quantitative estimate of drug-likeness (QED) is 0.136. The minimum atomic E-state index is -0.746. The predicted molar refractivity (Wildman–Crippen MR) is 173 cm³/mol. The largest absolute Gasteiger partial charge is 0.459 e. The number of furan rings is 1. The van der Waals surface area contributed by atoms with Gasteiger partial charge in [0.2, 0.25) is 5.91 Å². The summed E-state index contributed by atoms with van der Waals surface area (Å²) in [5.74, 6) is -0.0655. The van der Waals surface area contributed by atoms with Gasteiger partial charge in [0.15, 0.2) is 5.76 Å². The minimum Gasteiger partial charge on any atom is -0.459 e. The summed E-state index contributed by atoms with van der Waals surface area (Å²) in [4.78, 5) is 41.6. The number of nitrogens with zero attached hydrogens (tertiary/aromatic N) is 1. The van der Waals surface area contributed by atoms with Gasteiger partial charge in [-0.15, -0.1) is 0 Å². The molecule has 1 aliphatic rings. The summed E-state index contributed by atoms with van der Waals surface area (Å²) in [6, 6.07) is 23.4. The third-order valence-corrected chi connectivity index (χ3v) is 8.19. The molecular weight excluding hydrogens is 554 g/mol. The lowest BCUT2D eigenvalue weighted by Gasteiger charge is -2.34. The average Bonchev–Trinajstić information content (AvgIpc) is 3.60. The van der Waals surface area contributed by atoms with Crippen LogP contribution in [0.1, 0.15) is 67.5 Å². The Balaban J connectivity index is 1.23. The van der Waals surface area contributed by atoms with Crippen molar-refractivity contribution >= 4 is 40.0 Å². The molecule has 230 valence electrons. The molecule has 1 saturated carbocycles. The van der Waals surface area contributed by atoms with Gasteiger partial charge < -0.3 is 31.0 Å². The number of urea groups is 1. The first kappa shape index (κ1) is 30.8. The Labute approximate surface area is 258 Å². The summed E-state index contributed by atoms with van der Waals surface area (Å²) in [5.41, 5.74) is 7.92. The van der Waals surface area contributed by atoms with Crippen molar-refractivity contribution in [2.75, 3.05) is 17.2 Å². The molecule has 4 amide bonds. The van der Waals surface area contributed by atoms with E-state index in [9.17, 15) is 14.4 Å². The molecule has 1 atom stereocenters. The molecule has 4 aromatic rings. The molecule has 1 aliphatic carbocycles. The van der Waals surface area contributed by atoms with E-state index in [-0.39, 0.29) is 17.9 Å². The van der Waals surface area contributed by atoms with E-state index in [1.54, 1.807) is 12.1 Å². The molecule has 0 spiro atoms. The Morgan fingerprint density at radius 3 is 2.39 bits per heavy atom. The van der Waals surface area contributed by atoms with Crippen LogP contribution in [0.4, 0.5) is 16.2 Å². The second-order valence-electron chi connectivity index (χ2n) is 11.4. The van der Waals surface area contributed by atoms with Gasteiger partial charge >= 0.3 is 6.03 Å². The number of rotatable bonds is 12. The van der Waals surface area contributed by atoms with E-state index in [2.05, 4.69) is 16.0 Å². The van der Waals surface area contributed by atoms with Crippen LogP contribution in [0.15, 0.2) is 89.5 Å². The van der Waals surface area contributed by atoms with Crippen LogP contribution >= 0.6 is 0 Å². The fourth-order valence-corrected chi connectivity index (χ4v) is 5.83. The third-order valence-electron chi connectivity index (χ3n) is 8.19. The molecule has 1 aromatic heterocycles. The number of hydrogen-bond donors (Lipinski definition) is 4. The van der Waals surface area contributed by atoms with Crippen molar-refractivity contribution in [1.82, 2.24) is 10.2 Å². The second kappa shape index (κ2) is 15.2. The van der Waals surface area contributed by atoms with Gasteiger partial charge in [-0.2, -0.15) is 0 Å². The molecule has 44 heavy (non-hydrogen) atoms. The topological polar surface area (TPSA) is 130 Å². The summed E-state index contributed by atoms with van der Waals surface area (Å²) in [6.45, 7) is 0.967. The molecule has 0 saturated heterocycles. The Hall–Kier alpha value is -4.63. The first-order valence-electron chi connectivity index (χ1n) is 15.5. The first-order chi connectivity index (χ1) is 21.5. The van der Waals surface area contributed by atoms with E-state index < -0.39 is 12.1 Å². The number of nitrogens with two attached hydrogens (primary N) is 1. The summed E-state index contributed by atoms with van der Waals surface area (Å²) < 4.78 is 5.42. The number of hydrogen-bond acceptors (Lipinski definition) is 5. The monoisotopic (exact) mass is 595 g/mol. The van der Waals surface area contributed by atoms with Crippen molar-refractivity contribution in [2.45, 2.75) is 70.0 Å². The van der Waals surface area contributed by atoms with Crippen LogP contribution < -0.4 is 21.7 Å². The number of nitrogens with one attached hydrogen (secondary N) is 3. The van der Waals surface area contributed by atoms with Crippen LogP contribution in [0, 0.1) is 0 Å². The van der Waals surface area contributed by atoms with Crippen LogP contribution in [-0.4, -0.2) is 41.4 Å². The van der Waals surface area contributed by atoms with Crippen molar-refractivity contribution in [3.63, 3.8) is 0 Å². The SMILES string of the molecule is NCCCC[C@H](NC(=O)Nc1cccc2ccccc12)C(=O)Nc1ccc(CN(C(=O)c2ccco2)C2CCCCC2)cc1. The highest BCUT2D eigenvalue weighted by Gasteiger charge is 2.28. The summed E-state index contributed by atoms with van der Waals surface area (Å²) in [5, 5.41) is 10.6. The molecule has 1 fully saturated rings. The summed E-state index contributed by atoms with van der Waals surface area (Å²) in [7, 11) is 0. The van der Waals surface area contributed by atoms with Gasteiger partial charge in [-0.3, -0.25) is 9.59 Å². The Morgan fingerprint density at radius 1 is 0.864 bits per heavy atom. The Bertz CT molecular complexity index is 1530. The fourth-order valence-electron chi connectivity index (χ4n) is 5.83. The maximum Gasteiger partial charge on any atom is 0.319 e. The molecule has 0 radical (unpaired) electrons. The highest BCUT2D eigenvalue weighted by atomic mass is 16.3. The second-order valence-corrected chi connectivity index (χ2v) is 11.4. The lowest BCUT2D eigenvalue weighted by atomic mass is 9.93. The normalized spacial score (nSPS) is 14.1. The van der Waals surface area contributed by atoms with Crippen molar-refractivity contribution < 1.29 is 18.8 Å². The number of fused-ring (bicyclic) bond motifs is 1. The average molecular weight is 596 g/mol. The third kappa shape index (κ3) is 8.05. The van der Waals surface area contributed by atoms with E-state index in [0.29, 0.717) is 43.1 Å². The molecule has 5 rings (SSSR count). The number of unbranched alkanes of at least 4 members (excludes halogenated alkanes) is 1. The van der Waals surface area contributed by atoms with Crippen LogP contribution in [0.2, 0.25) is 0 Å². The van der Waals surface area contributed by atoms with E-state index in [0.717, 1.165) is 48.4 Å². The summed E-state index contributed by atoms with van der Waals surface area (Å²) in [6.07, 6.45) is 8.80. The van der Waals surface area contributed by atoms with Crippen molar-refractivity contribution in [1.29, 1.82) is 0 Å². The standard InChI is InChI=1S/C35H41N5O4/c36-22-7-6-15-31(39-35(43)38-30-16-8-11-26-10-4-5-14-29(26)30)33(41)37-27-20-18-25(19-21-27)24-40(28-12-2-1-3-13-28)34(42)32-17-9-23-44-32/h4-5,8-11,14,16-21,23,28,31H,1-3,6-7,12-13,15,22,24,36H2,(H,37,41)(H2,38,39,43)/t31-/m0/s1. The van der Waals surface area contributed by atoms with Gasteiger partial charge in [0, 0.05) is 23.7 Å². The molecule has 9 heteroatoms. The fraction of sp³-hybridized carbons (Fsp3) is 0.343. The van der Waals surface area contributed by atoms with Gasteiger partial charge in [-0.25, -0.2) is 4.79 Å². The van der Waals surface area contributed by atoms with Gasteiger partial charge in [0.25, 0.3) is 5.91 Å². The van der Waals surface area contributed by atoms with Crippen LogP contribution in [-0.2, 0) is 11.3 Å². The molecule has 5 N–H and O–H groups in total. The highest BCUT2D eigenvalue weighted by molar-refractivity contribution is 6.03. The van der Waals surface area contributed by atoms with E-state index in [4.69, 9.17) is 10.2 Å². The van der Waals surface area contributed by atoms with Crippen LogP contribution in [0.25, 0.3) is 10.8 Å². The Morgan fingerprint density at radius 2 is 1.64 bits per heavy atom. The van der Waals surface area contributed by atoms with Crippen LogP contribution in [0.5, 0.6) is 0 Å². The summed E-state index contributed by atoms with van der Waals surface area (Å²) >= 11 is 0. The first-order valence-corrected chi connectivity index (χ1v) is 15.5. The van der Waals surface area contributed by atoms with Gasteiger partial charge in [-0.05, 0) is 79.9 Å². The molecule has 0 unspecified atom stereocenters. The molecule has 0 bridgehead atoms. The van der Waals surface area contributed by atoms with E-state index in [1.807, 2.05) is 71.6 Å². The number of benzene rings is 3. The smallest absolute Gasteiger partial charge is 0.319 e. The number of carbonyl (C=O) groups excluding carboxylic acids is 3. The molecular formula is C35H41N5O4. The maximum absolute atomic E-state index is 13.3. The molecule has 9 nitrogen and oxygen atoms in total. The number of amides is 4. The Kier molecular flexibility index (Phi) is 10.6. The predicted octanol–water partition coefficient (Wildman–Crippen LogP) is 6.67.